The summed E-state index contributed by atoms with van der Waals surface area (Å²) in [4.78, 5) is 20.2. The highest BCUT2D eigenvalue weighted by atomic mass is 35.5. The van der Waals surface area contributed by atoms with Crippen LogP contribution in [0.4, 0.5) is 0 Å². The van der Waals surface area contributed by atoms with E-state index in [0.717, 1.165) is 42.9 Å². The third-order valence-corrected chi connectivity index (χ3v) is 5.92. The summed E-state index contributed by atoms with van der Waals surface area (Å²) in [6.07, 6.45) is 3.71. The van der Waals surface area contributed by atoms with E-state index in [1.165, 1.54) is 0 Å². The monoisotopic (exact) mass is 403 g/mol. The quantitative estimate of drug-likeness (QED) is 0.851. The molecule has 1 amide bonds. The van der Waals surface area contributed by atoms with Gasteiger partial charge in [0.05, 0.1) is 12.6 Å². The molecular weight excluding hydrogens is 374 g/mol. The molecule has 0 spiro atoms. The number of nitrogens with two attached hydrogens (primary N) is 1. The van der Waals surface area contributed by atoms with Crippen molar-refractivity contribution in [2.75, 3.05) is 6.54 Å². The highest BCUT2D eigenvalue weighted by molar-refractivity contribution is 5.85. The average molecular weight is 404 g/mol. The van der Waals surface area contributed by atoms with Gasteiger partial charge in [0.2, 0.25) is 5.91 Å². The Balaban J connectivity index is 0.00000225. The Kier molecular flexibility index (Phi) is 6.40. The van der Waals surface area contributed by atoms with Gasteiger partial charge < -0.3 is 10.6 Å². The molecule has 2 N–H and O–H groups in total. The lowest BCUT2D eigenvalue weighted by atomic mass is 9.84. The van der Waals surface area contributed by atoms with E-state index in [1.807, 2.05) is 35.0 Å². The van der Waals surface area contributed by atoms with E-state index in [0.29, 0.717) is 13.1 Å². The number of carbonyl (C=O) groups excluding carboxylic acids is 1. The summed E-state index contributed by atoms with van der Waals surface area (Å²) < 4.78 is 1.99. The molecule has 1 aliphatic carbocycles. The second kappa shape index (κ2) is 8.62. The molecule has 1 aromatic carbocycles. The van der Waals surface area contributed by atoms with Gasteiger partial charge in [0.15, 0.2) is 11.6 Å². The van der Waals surface area contributed by atoms with Gasteiger partial charge in [-0.15, -0.1) is 12.4 Å². The van der Waals surface area contributed by atoms with Crippen molar-refractivity contribution in [3.63, 3.8) is 0 Å². The predicted molar refractivity (Wildman–Crippen MR) is 112 cm³/mol. The van der Waals surface area contributed by atoms with Crippen LogP contribution in [-0.2, 0) is 11.3 Å². The van der Waals surface area contributed by atoms with Gasteiger partial charge in [-0.3, -0.25) is 4.79 Å². The third kappa shape index (κ3) is 3.94. The molecule has 1 atom stereocenters. The fraction of sp³-hybridized carbons (Fsp3) is 0.571. The lowest BCUT2D eigenvalue weighted by molar-refractivity contribution is -0.141. The zero-order valence-corrected chi connectivity index (χ0v) is 17.4. The number of aromatic nitrogens is 3. The normalized spacial score (nSPS) is 24.6. The lowest BCUT2D eigenvalue weighted by Crippen LogP contribution is -2.48. The van der Waals surface area contributed by atoms with Crippen molar-refractivity contribution in [3.8, 4) is 11.4 Å². The number of benzene rings is 1. The van der Waals surface area contributed by atoms with Gasteiger partial charge in [-0.1, -0.05) is 44.2 Å². The van der Waals surface area contributed by atoms with Gasteiger partial charge in [0.25, 0.3) is 0 Å². The maximum atomic E-state index is 13.3. The van der Waals surface area contributed by atoms with E-state index in [1.54, 1.807) is 0 Å². The van der Waals surface area contributed by atoms with Crippen LogP contribution in [0.15, 0.2) is 30.3 Å². The molecule has 28 heavy (non-hydrogen) atoms. The summed E-state index contributed by atoms with van der Waals surface area (Å²) in [7, 11) is 0. The molecule has 1 aliphatic heterocycles. The number of fused-ring (bicyclic) bond motifs is 1. The molecular formula is C21H30ClN5O. The second-order valence-corrected chi connectivity index (χ2v) is 8.21. The first kappa shape index (κ1) is 20.8. The molecule has 4 rings (SSSR count). The summed E-state index contributed by atoms with van der Waals surface area (Å²) in [5.41, 5.74) is 7.04. The van der Waals surface area contributed by atoms with E-state index in [2.05, 4.69) is 18.7 Å². The molecule has 0 bridgehead atoms. The number of hydrogen-bond acceptors (Lipinski definition) is 4. The molecule has 0 radical (unpaired) electrons. The molecule has 6 nitrogen and oxygen atoms in total. The predicted octanol–water partition coefficient (Wildman–Crippen LogP) is 3.42. The van der Waals surface area contributed by atoms with Gasteiger partial charge >= 0.3 is 0 Å². The topological polar surface area (TPSA) is 77.0 Å². The van der Waals surface area contributed by atoms with Crippen molar-refractivity contribution in [1.82, 2.24) is 19.7 Å². The van der Waals surface area contributed by atoms with Crippen molar-refractivity contribution >= 4 is 18.3 Å². The summed E-state index contributed by atoms with van der Waals surface area (Å²) in [6.45, 7) is 5.73. The zero-order valence-electron chi connectivity index (χ0n) is 16.6. The number of nitrogens with zero attached hydrogens (tertiary/aromatic N) is 4. The van der Waals surface area contributed by atoms with Crippen molar-refractivity contribution in [1.29, 1.82) is 0 Å². The summed E-state index contributed by atoms with van der Waals surface area (Å²) >= 11 is 0. The molecule has 152 valence electrons. The molecule has 2 aliphatic rings. The summed E-state index contributed by atoms with van der Waals surface area (Å²) in [6, 6.07) is 10.3. The highest BCUT2D eigenvalue weighted by Gasteiger charge is 2.39. The van der Waals surface area contributed by atoms with Crippen LogP contribution >= 0.6 is 12.4 Å². The van der Waals surface area contributed by atoms with E-state index >= 15 is 0 Å². The maximum Gasteiger partial charge on any atom is 0.226 e. The van der Waals surface area contributed by atoms with E-state index in [-0.39, 0.29) is 42.2 Å². The number of halogens is 1. The van der Waals surface area contributed by atoms with Gasteiger partial charge in [0.1, 0.15) is 0 Å². The first-order valence-corrected chi connectivity index (χ1v) is 10.1. The summed E-state index contributed by atoms with van der Waals surface area (Å²) in [5.74, 6) is 2.32. The fourth-order valence-corrected chi connectivity index (χ4v) is 4.43. The SMILES string of the molecule is CC(C)[C@H]1c2nc(-c3ccccc3)nn2CCN1C(=O)C1CCC(N)CC1.Cl. The molecule has 0 saturated heterocycles. The van der Waals surface area contributed by atoms with Crippen LogP contribution in [0.2, 0.25) is 0 Å². The first-order valence-electron chi connectivity index (χ1n) is 10.1. The molecule has 1 saturated carbocycles. The molecule has 0 unspecified atom stereocenters. The lowest BCUT2D eigenvalue weighted by Gasteiger charge is -2.40. The third-order valence-electron chi connectivity index (χ3n) is 5.92. The first-order chi connectivity index (χ1) is 13.0. The Morgan fingerprint density at radius 3 is 2.43 bits per heavy atom. The Morgan fingerprint density at radius 2 is 1.79 bits per heavy atom. The zero-order chi connectivity index (χ0) is 19.0. The minimum absolute atomic E-state index is 0. The number of carbonyl (C=O) groups is 1. The maximum absolute atomic E-state index is 13.3. The Bertz CT molecular complexity index is 798. The van der Waals surface area contributed by atoms with E-state index in [9.17, 15) is 4.79 Å². The van der Waals surface area contributed by atoms with Crippen molar-refractivity contribution < 1.29 is 4.79 Å². The summed E-state index contributed by atoms with van der Waals surface area (Å²) in [5, 5.41) is 4.72. The number of rotatable bonds is 3. The Morgan fingerprint density at radius 1 is 1.11 bits per heavy atom. The molecule has 7 heteroatoms. The van der Waals surface area contributed by atoms with Crippen LogP contribution in [0.5, 0.6) is 0 Å². The van der Waals surface area contributed by atoms with E-state index in [4.69, 9.17) is 15.8 Å². The van der Waals surface area contributed by atoms with Crippen LogP contribution in [-0.4, -0.2) is 38.2 Å². The van der Waals surface area contributed by atoms with Crippen LogP contribution in [0, 0.1) is 11.8 Å². The molecule has 1 fully saturated rings. The molecule has 2 aromatic rings. The minimum atomic E-state index is -0.0215. The largest absolute Gasteiger partial charge is 0.330 e. The van der Waals surface area contributed by atoms with Gasteiger partial charge in [-0.2, -0.15) is 5.10 Å². The average Bonchev–Trinajstić information content (AvgIpc) is 3.12. The van der Waals surface area contributed by atoms with Crippen LogP contribution in [0.25, 0.3) is 11.4 Å². The van der Waals surface area contributed by atoms with E-state index < -0.39 is 0 Å². The molecule has 2 heterocycles. The second-order valence-electron chi connectivity index (χ2n) is 8.21. The number of amides is 1. The molecule has 1 aromatic heterocycles. The standard InChI is InChI=1S/C21H29N5O.ClH/c1-14(2)18-20-23-19(15-6-4-3-5-7-15)24-26(20)13-12-25(18)21(27)16-8-10-17(22)11-9-16;/h3-7,14,16-18H,8-13,22H2,1-2H3;1H/t16?,17?,18-;/m0./s1. The van der Waals surface area contributed by atoms with Crippen molar-refractivity contribution in [3.05, 3.63) is 36.2 Å². The highest BCUT2D eigenvalue weighted by Crippen LogP contribution is 2.35. The van der Waals surface area contributed by atoms with Crippen molar-refractivity contribution in [2.45, 2.75) is 58.2 Å². The van der Waals surface area contributed by atoms with Gasteiger partial charge in [-0.25, -0.2) is 9.67 Å². The van der Waals surface area contributed by atoms with Crippen LogP contribution in [0.1, 0.15) is 51.4 Å². The van der Waals surface area contributed by atoms with Crippen LogP contribution < -0.4 is 5.73 Å². The Hall–Kier alpha value is -1.92. The minimum Gasteiger partial charge on any atom is -0.330 e. The number of hydrogen-bond donors (Lipinski definition) is 1. The Labute approximate surface area is 172 Å². The fourth-order valence-electron chi connectivity index (χ4n) is 4.43. The van der Waals surface area contributed by atoms with Crippen molar-refractivity contribution in [2.24, 2.45) is 17.6 Å². The van der Waals surface area contributed by atoms with Crippen LogP contribution in [0.3, 0.4) is 0 Å². The smallest absolute Gasteiger partial charge is 0.226 e. The van der Waals surface area contributed by atoms with Gasteiger partial charge in [0, 0.05) is 24.1 Å². The van der Waals surface area contributed by atoms with Gasteiger partial charge in [-0.05, 0) is 31.6 Å².